The van der Waals surface area contributed by atoms with E-state index in [4.69, 9.17) is 9.47 Å². The number of aryl methyl sites for hydroxylation is 2. The fraction of sp³-hybridized carbons (Fsp3) is 0.750. The van der Waals surface area contributed by atoms with Crippen LogP contribution in [0.4, 0.5) is 0 Å². The van der Waals surface area contributed by atoms with Gasteiger partial charge in [0.25, 0.3) is 0 Å². The third-order valence-corrected chi connectivity index (χ3v) is 4.74. The second-order valence-electron chi connectivity index (χ2n) is 6.17. The van der Waals surface area contributed by atoms with Crippen LogP contribution >= 0.6 is 0 Å². The molecule has 1 amide bonds. The maximum atomic E-state index is 12.8. The lowest BCUT2D eigenvalue weighted by Gasteiger charge is -2.36. The molecule has 3 atom stereocenters. The van der Waals surface area contributed by atoms with E-state index in [0.717, 1.165) is 23.4 Å². The van der Waals surface area contributed by atoms with Gasteiger partial charge in [-0.15, -0.1) is 0 Å². The van der Waals surface area contributed by atoms with Crippen LogP contribution in [0.25, 0.3) is 0 Å². The number of hydrogen-bond acceptors (Lipinski definition) is 4. The summed E-state index contributed by atoms with van der Waals surface area (Å²) in [7, 11) is 1.94. The van der Waals surface area contributed by atoms with Crippen LogP contribution < -0.4 is 0 Å². The zero-order chi connectivity index (χ0) is 15.9. The van der Waals surface area contributed by atoms with Crippen LogP contribution in [0.2, 0.25) is 0 Å². The van der Waals surface area contributed by atoms with Crippen molar-refractivity contribution in [3.63, 3.8) is 0 Å². The molecule has 6 heteroatoms. The molecule has 0 spiro atoms. The zero-order valence-electron chi connectivity index (χ0n) is 13.8. The van der Waals surface area contributed by atoms with E-state index < -0.39 is 0 Å². The highest BCUT2D eigenvalue weighted by atomic mass is 16.5. The lowest BCUT2D eigenvalue weighted by molar-refractivity contribution is -0.142. The van der Waals surface area contributed by atoms with E-state index in [2.05, 4.69) is 5.10 Å². The molecule has 0 N–H and O–H groups in total. The Morgan fingerprint density at radius 1 is 1.45 bits per heavy atom. The Balaban J connectivity index is 1.81. The van der Waals surface area contributed by atoms with Crippen molar-refractivity contribution < 1.29 is 14.3 Å². The number of ether oxygens (including phenoxy) is 2. The van der Waals surface area contributed by atoms with Gasteiger partial charge in [-0.3, -0.25) is 9.48 Å². The summed E-state index contributed by atoms with van der Waals surface area (Å²) in [4.78, 5) is 14.8. The molecule has 122 valence electrons. The Hall–Kier alpha value is -1.40. The fourth-order valence-electron chi connectivity index (χ4n) is 3.42. The van der Waals surface area contributed by atoms with E-state index in [-0.39, 0.29) is 24.0 Å². The molecule has 22 heavy (non-hydrogen) atoms. The summed E-state index contributed by atoms with van der Waals surface area (Å²) >= 11 is 0. The molecule has 3 unspecified atom stereocenters. The molecule has 3 rings (SSSR count). The normalized spacial score (nSPS) is 28.0. The van der Waals surface area contributed by atoms with Crippen LogP contribution in [-0.2, 0) is 21.3 Å². The molecule has 1 aliphatic heterocycles. The number of morpholine rings is 1. The smallest absolute Gasteiger partial charge is 0.229 e. The van der Waals surface area contributed by atoms with Crippen LogP contribution in [-0.4, -0.2) is 53.1 Å². The van der Waals surface area contributed by atoms with Crippen molar-refractivity contribution in [2.75, 3.05) is 26.4 Å². The summed E-state index contributed by atoms with van der Waals surface area (Å²) in [5.41, 5.74) is 3.21. The van der Waals surface area contributed by atoms with Gasteiger partial charge in [-0.1, -0.05) is 0 Å². The van der Waals surface area contributed by atoms with Crippen molar-refractivity contribution in [3.05, 3.63) is 17.0 Å². The van der Waals surface area contributed by atoms with Gasteiger partial charge in [-0.2, -0.15) is 5.10 Å². The molecule has 1 aliphatic carbocycles. The molecule has 0 radical (unpaired) electrons. The van der Waals surface area contributed by atoms with E-state index in [9.17, 15) is 4.79 Å². The highest BCUT2D eigenvalue weighted by molar-refractivity contribution is 5.82. The summed E-state index contributed by atoms with van der Waals surface area (Å²) < 4.78 is 13.1. The van der Waals surface area contributed by atoms with Crippen LogP contribution in [0, 0.1) is 19.8 Å². The molecule has 1 saturated heterocycles. The molecule has 2 fully saturated rings. The minimum Gasteiger partial charge on any atom is -0.378 e. The van der Waals surface area contributed by atoms with Gasteiger partial charge in [0.1, 0.15) is 0 Å². The van der Waals surface area contributed by atoms with Crippen LogP contribution in [0.3, 0.4) is 0 Å². The van der Waals surface area contributed by atoms with Crippen molar-refractivity contribution in [1.82, 2.24) is 14.7 Å². The molecular weight excluding hydrogens is 282 g/mol. The van der Waals surface area contributed by atoms with Gasteiger partial charge >= 0.3 is 0 Å². The predicted octanol–water partition coefficient (Wildman–Crippen LogP) is 1.36. The highest BCUT2D eigenvalue weighted by Crippen LogP contribution is 2.39. The first-order valence-corrected chi connectivity index (χ1v) is 8.04. The topological polar surface area (TPSA) is 56.6 Å². The fourth-order valence-corrected chi connectivity index (χ4v) is 3.42. The lowest BCUT2D eigenvalue weighted by atomic mass is 10.0. The minimum absolute atomic E-state index is 0.0258. The monoisotopic (exact) mass is 307 g/mol. The van der Waals surface area contributed by atoms with E-state index in [1.165, 1.54) is 0 Å². The maximum Gasteiger partial charge on any atom is 0.229 e. The van der Waals surface area contributed by atoms with Crippen molar-refractivity contribution in [2.45, 2.75) is 39.3 Å². The lowest BCUT2D eigenvalue weighted by Crippen LogP contribution is -2.45. The third kappa shape index (κ3) is 2.65. The first-order valence-electron chi connectivity index (χ1n) is 8.04. The van der Waals surface area contributed by atoms with Crippen LogP contribution in [0.5, 0.6) is 0 Å². The molecule has 1 saturated carbocycles. The van der Waals surface area contributed by atoms with Crippen LogP contribution in [0.1, 0.15) is 36.3 Å². The second kappa shape index (κ2) is 6.01. The van der Waals surface area contributed by atoms with Gasteiger partial charge in [-0.25, -0.2) is 0 Å². The predicted molar refractivity (Wildman–Crippen MR) is 81.5 cm³/mol. The van der Waals surface area contributed by atoms with Gasteiger partial charge in [0.05, 0.1) is 37.0 Å². The Bertz CT molecular complexity index is 569. The number of amides is 1. The van der Waals surface area contributed by atoms with Gasteiger partial charge in [0.2, 0.25) is 5.91 Å². The number of hydrogen-bond donors (Lipinski definition) is 0. The number of nitrogens with zero attached hydrogens (tertiary/aromatic N) is 3. The average Bonchev–Trinajstić information content (AvgIpc) is 3.21. The van der Waals surface area contributed by atoms with E-state index in [1.54, 1.807) is 0 Å². The molecule has 1 aromatic heterocycles. The van der Waals surface area contributed by atoms with Gasteiger partial charge in [0.15, 0.2) is 0 Å². The van der Waals surface area contributed by atoms with E-state index in [1.807, 2.05) is 37.4 Å². The maximum absolute atomic E-state index is 12.8. The van der Waals surface area contributed by atoms with Crippen molar-refractivity contribution in [1.29, 1.82) is 0 Å². The number of carbonyl (C=O) groups is 1. The summed E-state index contributed by atoms with van der Waals surface area (Å²) in [6.07, 6.45) is 0.957. The van der Waals surface area contributed by atoms with Gasteiger partial charge in [0, 0.05) is 31.5 Å². The van der Waals surface area contributed by atoms with Crippen molar-refractivity contribution >= 4 is 5.91 Å². The Labute approximate surface area is 131 Å². The standard InChI is InChI=1S/C16H25N3O3/c1-5-22-14-8-12(14)16(20)19-6-7-21-9-13(19)15-10(2)17-18(4)11(15)3/h12-14H,5-9H2,1-4H3. The first kappa shape index (κ1) is 15.5. The largest absolute Gasteiger partial charge is 0.378 e. The average molecular weight is 307 g/mol. The highest BCUT2D eigenvalue weighted by Gasteiger charge is 2.48. The molecule has 0 aromatic carbocycles. The SMILES string of the molecule is CCOC1CC1C(=O)N1CCOCC1c1c(C)nn(C)c1C. The van der Waals surface area contributed by atoms with E-state index >= 15 is 0 Å². The quantitative estimate of drug-likeness (QED) is 0.843. The summed E-state index contributed by atoms with van der Waals surface area (Å²) in [6, 6.07) is -0.0298. The zero-order valence-corrected chi connectivity index (χ0v) is 13.8. The second-order valence-corrected chi connectivity index (χ2v) is 6.17. The molecule has 2 aliphatic rings. The Kier molecular flexibility index (Phi) is 4.23. The number of carbonyl (C=O) groups excluding carboxylic acids is 1. The summed E-state index contributed by atoms with van der Waals surface area (Å²) in [6.45, 7) is 8.48. The molecule has 2 heterocycles. The van der Waals surface area contributed by atoms with Crippen LogP contribution in [0.15, 0.2) is 0 Å². The van der Waals surface area contributed by atoms with Gasteiger partial charge < -0.3 is 14.4 Å². The summed E-state index contributed by atoms with van der Waals surface area (Å²) in [5.74, 6) is 0.229. The Morgan fingerprint density at radius 2 is 2.23 bits per heavy atom. The third-order valence-electron chi connectivity index (χ3n) is 4.74. The number of aromatic nitrogens is 2. The number of rotatable bonds is 4. The molecular formula is C16H25N3O3. The molecule has 0 bridgehead atoms. The Morgan fingerprint density at radius 3 is 2.86 bits per heavy atom. The van der Waals surface area contributed by atoms with E-state index in [0.29, 0.717) is 26.4 Å². The van der Waals surface area contributed by atoms with Crippen molar-refractivity contribution in [3.8, 4) is 0 Å². The van der Waals surface area contributed by atoms with Crippen molar-refractivity contribution in [2.24, 2.45) is 13.0 Å². The molecule has 6 nitrogen and oxygen atoms in total. The van der Waals surface area contributed by atoms with Gasteiger partial charge in [-0.05, 0) is 27.2 Å². The summed E-state index contributed by atoms with van der Waals surface area (Å²) in [5, 5.41) is 4.48. The minimum atomic E-state index is -0.0298. The molecule has 1 aromatic rings. The first-order chi connectivity index (χ1) is 10.5.